The molecular weight excluding hydrogens is 327 g/mol. The molecule has 2 fully saturated rings. The first-order valence-corrected chi connectivity index (χ1v) is 7.60. The van der Waals surface area contributed by atoms with Crippen molar-refractivity contribution in [1.29, 1.82) is 0 Å². The van der Waals surface area contributed by atoms with Gasteiger partial charge in [0.25, 0.3) is 5.91 Å². The molecule has 0 aromatic heterocycles. The summed E-state index contributed by atoms with van der Waals surface area (Å²) >= 11 is 0. The molecule has 0 spiro atoms. The van der Waals surface area contributed by atoms with Crippen LogP contribution in [0.15, 0.2) is 24.3 Å². The van der Waals surface area contributed by atoms with Gasteiger partial charge >= 0.3 is 12.3 Å². The van der Waals surface area contributed by atoms with E-state index in [-0.39, 0.29) is 18.0 Å². The van der Waals surface area contributed by atoms with Crippen molar-refractivity contribution < 1.29 is 32.6 Å². The van der Waals surface area contributed by atoms with Crippen molar-refractivity contribution in [1.82, 2.24) is 4.90 Å². The average Bonchev–Trinajstić information content (AvgIpc) is 3.02. The second-order valence-electron chi connectivity index (χ2n) is 6.31. The van der Waals surface area contributed by atoms with Crippen LogP contribution in [0.5, 0.6) is 5.75 Å². The Morgan fingerprint density at radius 2 is 2.08 bits per heavy atom. The van der Waals surface area contributed by atoms with Gasteiger partial charge in [-0.25, -0.2) is 0 Å². The Bertz CT molecular complexity index is 676. The van der Waals surface area contributed by atoms with Gasteiger partial charge in [-0.05, 0) is 37.0 Å². The van der Waals surface area contributed by atoms with Crippen molar-refractivity contribution in [2.75, 3.05) is 13.1 Å². The van der Waals surface area contributed by atoms with E-state index in [9.17, 15) is 27.9 Å². The Morgan fingerprint density at radius 1 is 1.33 bits per heavy atom. The van der Waals surface area contributed by atoms with Gasteiger partial charge in [0.1, 0.15) is 5.75 Å². The maximum Gasteiger partial charge on any atom is 0.573 e. The molecule has 0 unspecified atom stereocenters. The first-order chi connectivity index (χ1) is 11.2. The van der Waals surface area contributed by atoms with Crippen LogP contribution in [0.2, 0.25) is 0 Å². The summed E-state index contributed by atoms with van der Waals surface area (Å²) in [7, 11) is 0. The van der Waals surface area contributed by atoms with Crippen molar-refractivity contribution in [3.8, 4) is 5.75 Å². The van der Waals surface area contributed by atoms with Gasteiger partial charge in [0.05, 0.1) is 5.41 Å². The van der Waals surface area contributed by atoms with Crippen LogP contribution in [0.25, 0.3) is 0 Å². The predicted molar refractivity (Wildman–Crippen MR) is 76.4 cm³/mol. The number of hydrogen-bond donors (Lipinski definition) is 1. The van der Waals surface area contributed by atoms with Crippen molar-refractivity contribution in [3.63, 3.8) is 0 Å². The molecule has 1 saturated heterocycles. The maximum atomic E-state index is 12.6. The summed E-state index contributed by atoms with van der Waals surface area (Å²) in [5.74, 6) is -1.96. The van der Waals surface area contributed by atoms with Gasteiger partial charge in [0, 0.05) is 18.7 Å². The van der Waals surface area contributed by atoms with Crippen LogP contribution in [0.4, 0.5) is 13.2 Å². The van der Waals surface area contributed by atoms with E-state index in [0.29, 0.717) is 13.0 Å². The second-order valence-corrected chi connectivity index (χ2v) is 6.31. The molecule has 1 aromatic rings. The highest BCUT2D eigenvalue weighted by Gasteiger charge is 2.55. The molecule has 1 N–H and O–H groups in total. The smallest absolute Gasteiger partial charge is 0.481 e. The van der Waals surface area contributed by atoms with Crippen LogP contribution < -0.4 is 4.74 Å². The molecule has 3 rings (SSSR count). The third-order valence-electron chi connectivity index (χ3n) is 4.90. The van der Waals surface area contributed by atoms with Gasteiger partial charge in [0.2, 0.25) is 0 Å². The number of aliphatic carboxylic acids is 1. The van der Waals surface area contributed by atoms with E-state index >= 15 is 0 Å². The number of likely N-dealkylation sites (tertiary alicyclic amines) is 1. The minimum Gasteiger partial charge on any atom is -0.481 e. The number of rotatable bonds is 3. The molecule has 1 aliphatic heterocycles. The number of carbonyl (C=O) groups is 2. The molecule has 5 nitrogen and oxygen atoms in total. The number of amides is 1. The summed E-state index contributed by atoms with van der Waals surface area (Å²) in [4.78, 5) is 25.6. The number of nitrogens with zero attached hydrogens (tertiary/aromatic N) is 1. The van der Waals surface area contributed by atoms with Crippen LogP contribution in [0.1, 0.15) is 29.6 Å². The lowest BCUT2D eigenvalue weighted by molar-refractivity contribution is -0.274. The number of ether oxygens (including phenoxy) is 1. The highest BCUT2D eigenvalue weighted by molar-refractivity contribution is 5.95. The van der Waals surface area contributed by atoms with E-state index in [0.717, 1.165) is 25.0 Å². The van der Waals surface area contributed by atoms with E-state index in [1.807, 2.05) is 0 Å². The topological polar surface area (TPSA) is 66.8 Å². The van der Waals surface area contributed by atoms with Crippen LogP contribution in [-0.4, -0.2) is 41.3 Å². The molecule has 1 amide bonds. The fraction of sp³-hybridized carbons (Fsp3) is 0.500. The van der Waals surface area contributed by atoms with Crippen molar-refractivity contribution >= 4 is 11.9 Å². The van der Waals surface area contributed by atoms with Gasteiger partial charge in [-0.15, -0.1) is 13.2 Å². The fourth-order valence-corrected chi connectivity index (χ4v) is 3.80. The molecule has 2 atom stereocenters. The zero-order valence-corrected chi connectivity index (χ0v) is 12.7. The number of carboxylic acids is 1. The van der Waals surface area contributed by atoms with Crippen molar-refractivity contribution in [2.45, 2.75) is 25.6 Å². The molecule has 24 heavy (non-hydrogen) atoms. The molecule has 130 valence electrons. The number of alkyl halides is 3. The Kier molecular flexibility index (Phi) is 3.93. The van der Waals surface area contributed by atoms with E-state index in [1.54, 1.807) is 0 Å². The number of carboxylic acid groups (broad SMARTS) is 1. The molecule has 1 aliphatic carbocycles. The standard InChI is InChI=1S/C16H16F3NO4/c17-16(18,19)24-12-5-1-3-10(7-12)13(21)20-8-11-4-2-6-15(11,9-20)14(22)23/h1,3,5,7,11H,2,4,6,8-9H2,(H,22,23)/t11-,15+/m0/s1. The number of fused-ring (bicyclic) bond motifs is 1. The minimum atomic E-state index is -4.83. The first-order valence-electron chi connectivity index (χ1n) is 7.60. The minimum absolute atomic E-state index is 0.0530. The monoisotopic (exact) mass is 343 g/mol. The number of carbonyl (C=O) groups excluding carboxylic acids is 1. The Balaban J connectivity index is 1.79. The van der Waals surface area contributed by atoms with Gasteiger partial charge in [0.15, 0.2) is 0 Å². The Morgan fingerprint density at radius 3 is 2.71 bits per heavy atom. The third kappa shape index (κ3) is 2.92. The van der Waals surface area contributed by atoms with Crippen LogP contribution in [-0.2, 0) is 4.79 Å². The normalized spacial score (nSPS) is 26.3. The van der Waals surface area contributed by atoms with Crippen LogP contribution >= 0.6 is 0 Å². The molecule has 0 bridgehead atoms. The summed E-state index contributed by atoms with van der Waals surface area (Å²) in [5, 5.41) is 9.53. The van der Waals surface area contributed by atoms with E-state index in [4.69, 9.17) is 0 Å². The highest BCUT2D eigenvalue weighted by atomic mass is 19.4. The first kappa shape index (κ1) is 16.6. The van der Waals surface area contributed by atoms with Crippen molar-refractivity contribution in [3.05, 3.63) is 29.8 Å². The summed E-state index contributed by atoms with van der Waals surface area (Å²) in [6.45, 7) is 0.408. The summed E-state index contributed by atoms with van der Waals surface area (Å²) in [6, 6.07) is 4.84. The van der Waals surface area contributed by atoms with Crippen LogP contribution in [0, 0.1) is 11.3 Å². The molecule has 1 aromatic carbocycles. The van der Waals surface area contributed by atoms with Gasteiger partial charge in [-0.1, -0.05) is 12.5 Å². The highest BCUT2D eigenvalue weighted by Crippen LogP contribution is 2.49. The Labute approximate surface area is 136 Å². The summed E-state index contributed by atoms with van der Waals surface area (Å²) < 4.78 is 40.7. The lowest BCUT2D eigenvalue weighted by atomic mass is 9.81. The third-order valence-corrected chi connectivity index (χ3v) is 4.90. The zero-order valence-electron chi connectivity index (χ0n) is 12.7. The zero-order chi connectivity index (χ0) is 17.5. The maximum absolute atomic E-state index is 12.6. The molecular formula is C16H16F3NO4. The number of hydrogen-bond acceptors (Lipinski definition) is 3. The lowest BCUT2D eigenvalue weighted by Crippen LogP contribution is -2.37. The van der Waals surface area contributed by atoms with Gasteiger partial charge in [-0.3, -0.25) is 9.59 Å². The molecule has 1 saturated carbocycles. The molecule has 0 radical (unpaired) electrons. The fourth-order valence-electron chi connectivity index (χ4n) is 3.80. The number of halogens is 3. The molecule has 1 heterocycles. The molecule has 2 aliphatic rings. The van der Waals surface area contributed by atoms with E-state index in [2.05, 4.69) is 4.74 Å². The number of benzene rings is 1. The van der Waals surface area contributed by atoms with Gasteiger partial charge in [-0.2, -0.15) is 0 Å². The Hall–Kier alpha value is -2.25. The predicted octanol–water partition coefficient (Wildman–Crippen LogP) is 2.91. The summed E-state index contributed by atoms with van der Waals surface area (Å²) in [6.07, 6.45) is -2.76. The largest absolute Gasteiger partial charge is 0.573 e. The molecule has 8 heteroatoms. The van der Waals surface area contributed by atoms with Crippen molar-refractivity contribution in [2.24, 2.45) is 11.3 Å². The van der Waals surface area contributed by atoms with E-state index < -0.39 is 29.4 Å². The second kappa shape index (κ2) is 5.68. The van der Waals surface area contributed by atoms with Gasteiger partial charge < -0.3 is 14.7 Å². The average molecular weight is 343 g/mol. The van der Waals surface area contributed by atoms with Crippen LogP contribution in [0.3, 0.4) is 0 Å². The lowest BCUT2D eigenvalue weighted by Gasteiger charge is -2.23. The quantitative estimate of drug-likeness (QED) is 0.916. The summed E-state index contributed by atoms with van der Waals surface area (Å²) in [5.41, 5.74) is -0.868. The SMILES string of the molecule is O=C(c1cccc(OC(F)(F)F)c1)N1C[C@@H]2CCC[C@@]2(C(=O)O)C1. The van der Waals surface area contributed by atoms with E-state index in [1.165, 1.54) is 17.0 Å².